The third-order valence-electron chi connectivity index (χ3n) is 6.12. The van der Waals surface area contributed by atoms with E-state index in [4.69, 9.17) is 4.52 Å². The molecule has 0 aromatic carbocycles. The van der Waals surface area contributed by atoms with Crippen LogP contribution >= 0.6 is 0 Å². The fraction of sp³-hybridized carbons (Fsp3) is 0.750. The van der Waals surface area contributed by atoms with Crippen molar-refractivity contribution in [1.82, 2.24) is 19.9 Å². The van der Waals surface area contributed by atoms with Crippen LogP contribution in [0.15, 0.2) is 4.52 Å². The van der Waals surface area contributed by atoms with E-state index in [1.54, 1.807) is 11.8 Å². The van der Waals surface area contributed by atoms with Crippen LogP contribution in [0.2, 0.25) is 0 Å². The summed E-state index contributed by atoms with van der Waals surface area (Å²) >= 11 is 0. The number of likely N-dealkylation sites (tertiary alicyclic amines) is 2. The van der Waals surface area contributed by atoms with Crippen molar-refractivity contribution in [3.8, 4) is 0 Å². The first kappa shape index (κ1) is 19.9. The van der Waals surface area contributed by atoms with Gasteiger partial charge in [-0.1, -0.05) is 11.6 Å². The summed E-state index contributed by atoms with van der Waals surface area (Å²) in [5, 5.41) is 3.91. The van der Waals surface area contributed by atoms with Crippen LogP contribution in [0, 0.1) is 19.8 Å². The van der Waals surface area contributed by atoms with Crippen LogP contribution in [0.3, 0.4) is 0 Å². The van der Waals surface area contributed by atoms with Crippen molar-refractivity contribution in [2.45, 2.75) is 52.0 Å². The molecular formula is C20H32N4O3. The van der Waals surface area contributed by atoms with Crippen molar-refractivity contribution in [3.63, 3.8) is 0 Å². The van der Waals surface area contributed by atoms with E-state index in [2.05, 4.69) is 10.1 Å². The van der Waals surface area contributed by atoms with Gasteiger partial charge >= 0.3 is 0 Å². The Balaban J connectivity index is 1.60. The Morgan fingerprint density at radius 3 is 2.41 bits per heavy atom. The Morgan fingerprint density at radius 1 is 1.11 bits per heavy atom. The number of rotatable bonds is 4. The molecule has 1 aromatic heterocycles. The normalized spacial score (nSPS) is 22.1. The number of aryl methyl sites for hydroxylation is 2. The van der Waals surface area contributed by atoms with Crippen molar-refractivity contribution in [2.24, 2.45) is 5.92 Å². The van der Waals surface area contributed by atoms with Gasteiger partial charge in [-0.25, -0.2) is 0 Å². The quantitative estimate of drug-likeness (QED) is 0.805. The number of amides is 2. The Labute approximate surface area is 161 Å². The highest BCUT2D eigenvalue weighted by molar-refractivity contribution is 5.96. The van der Waals surface area contributed by atoms with Crippen LogP contribution < -0.4 is 0 Å². The van der Waals surface area contributed by atoms with Crippen molar-refractivity contribution >= 4 is 11.8 Å². The largest absolute Gasteiger partial charge is 0.361 e. The summed E-state index contributed by atoms with van der Waals surface area (Å²) in [6.45, 7) is 6.65. The Hall–Kier alpha value is -1.89. The van der Waals surface area contributed by atoms with Gasteiger partial charge in [0.05, 0.1) is 12.2 Å². The maximum Gasteiger partial charge on any atom is 0.259 e. The van der Waals surface area contributed by atoms with Gasteiger partial charge in [0, 0.05) is 33.2 Å². The first-order valence-corrected chi connectivity index (χ1v) is 10.0. The summed E-state index contributed by atoms with van der Waals surface area (Å²) < 4.78 is 5.15. The summed E-state index contributed by atoms with van der Waals surface area (Å²) in [4.78, 5) is 31.0. The van der Waals surface area contributed by atoms with Crippen molar-refractivity contribution in [1.29, 1.82) is 0 Å². The molecule has 0 spiro atoms. The summed E-state index contributed by atoms with van der Waals surface area (Å²) in [5.74, 6) is 1.36. The van der Waals surface area contributed by atoms with Crippen molar-refractivity contribution in [2.75, 3.05) is 40.3 Å². The van der Waals surface area contributed by atoms with E-state index >= 15 is 0 Å². The van der Waals surface area contributed by atoms with Gasteiger partial charge < -0.3 is 14.3 Å². The minimum absolute atomic E-state index is 0.0352. The van der Waals surface area contributed by atoms with E-state index in [-0.39, 0.29) is 11.8 Å². The van der Waals surface area contributed by atoms with Gasteiger partial charge in [-0.05, 0) is 52.0 Å². The van der Waals surface area contributed by atoms with Crippen LogP contribution in [0.25, 0.3) is 0 Å². The van der Waals surface area contributed by atoms with Crippen LogP contribution in [0.1, 0.15) is 53.9 Å². The molecule has 3 rings (SSSR count). The fourth-order valence-corrected chi connectivity index (χ4v) is 4.50. The molecule has 0 radical (unpaired) electrons. The molecule has 0 saturated carbocycles. The number of nitrogens with zero attached hydrogens (tertiary/aromatic N) is 4. The maximum absolute atomic E-state index is 12.8. The number of carbonyl (C=O) groups is 2. The van der Waals surface area contributed by atoms with Gasteiger partial charge in [-0.3, -0.25) is 14.5 Å². The molecule has 27 heavy (non-hydrogen) atoms. The molecule has 7 nitrogen and oxygen atoms in total. The fourth-order valence-electron chi connectivity index (χ4n) is 4.50. The Morgan fingerprint density at radius 2 is 1.81 bits per heavy atom. The second kappa shape index (κ2) is 8.42. The van der Waals surface area contributed by atoms with Gasteiger partial charge in [0.25, 0.3) is 5.91 Å². The SMILES string of the molecule is Cc1noc(C)c1C(=O)N1CCC([C@H]2CCCCN2CC(=O)N(C)C)CC1. The van der Waals surface area contributed by atoms with Crippen LogP contribution in [0.4, 0.5) is 0 Å². The highest BCUT2D eigenvalue weighted by Gasteiger charge is 2.35. The summed E-state index contributed by atoms with van der Waals surface area (Å²) in [6, 6.07) is 0.457. The second-order valence-corrected chi connectivity index (χ2v) is 8.15. The standard InChI is InChI=1S/C20H32N4O3/c1-14-19(15(2)27-21-14)20(26)23-11-8-16(9-12-23)17-7-5-6-10-24(17)13-18(25)22(3)4/h16-17H,5-13H2,1-4H3/t17-/m1/s1. The van der Waals surface area contributed by atoms with E-state index < -0.39 is 0 Å². The van der Waals surface area contributed by atoms with Gasteiger partial charge in [-0.2, -0.15) is 0 Å². The number of hydrogen-bond acceptors (Lipinski definition) is 5. The monoisotopic (exact) mass is 376 g/mol. The smallest absolute Gasteiger partial charge is 0.259 e. The molecule has 0 unspecified atom stereocenters. The van der Waals surface area contributed by atoms with Gasteiger partial charge in [0.15, 0.2) is 0 Å². The topological polar surface area (TPSA) is 69.9 Å². The van der Waals surface area contributed by atoms with Gasteiger partial charge in [-0.15, -0.1) is 0 Å². The lowest BCUT2D eigenvalue weighted by molar-refractivity contribution is -0.131. The highest BCUT2D eigenvalue weighted by atomic mass is 16.5. The molecule has 0 bridgehead atoms. The van der Waals surface area contributed by atoms with E-state index in [1.807, 2.05) is 25.9 Å². The average molecular weight is 377 g/mol. The molecule has 2 aliphatic heterocycles. The lowest BCUT2D eigenvalue weighted by Crippen LogP contribution is -2.51. The maximum atomic E-state index is 12.8. The number of carbonyl (C=O) groups excluding carboxylic acids is 2. The van der Waals surface area contributed by atoms with Gasteiger partial charge in [0.1, 0.15) is 11.3 Å². The molecule has 2 amide bonds. The molecule has 0 aliphatic carbocycles. The number of piperidine rings is 2. The molecule has 150 valence electrons. The van der Waals surface area contributed by atoms with E-state index in [0.717, 1.165) is 38.9 Å². The molecular weight excluding hydrogens is 344 g/mol. The molecule has 2 saturated heterocycles. The third kappa shape index (κ3) is 4.34. The predicted octanol–water partition coefficient (Wildman–Crippen LogP) is 2.09. The molecule has 7 heteroatoms. The zero-order valence-electron chi connectivity index (χ0n) is 17.0. The molecule has 1 aromatic rings. The second-order valence-electron chi connectivity index (χ2n) is 8.15. The van der Waals surface area contributed by atoms with Crippen LogP contribution in [-0.4, -0.2) is 78.0 Å². The Kier molecular flexibility index (Phi) is 6.19. The molecule has 0 N–H and O–H groups in total. The lowest BCUT2D eigenvalue weighted by Gasteiger charge is -2.43. The first-order chi connectivity index (χ1) is 12.9. The average Bonchev–Trinajstić information content (AvgIpc) is 3.00. The minimum Gasteiger partial charge on any atom is -0.361 e. The Bertz CT molecular complexity index is 657. The highest BCUT2D eigenvalue weighted by Crippen LogP contribution is 2.31. The predicted molar refractivity (Wildman–Crippen MR) is 103 cm³/mol. The first-order valence-electron chi connectivity index (χ1n) is 10.0. The number of likely N-dealkylation sites (N-methyl/N-ethyl adjacent to an activating group) is 1. The number of aromatic nitrogens is 1. The molecule has 2 fully saturated rings. The van der Waals surface area contributed by atoms with Crippen molar-refractivity contribution < 1.29 is 14.1 Å². The lowest BCUT2D eigenvalue weighted by atomic mass is 9.83. The zero-order valence-corrected chi connectivity index (χ0v) is 17.0. The van der Waals surface area contributed by atoms with E-state index in [0.29, 0.717) is 35.5 Å². The van der Waals surface area contributed by atoms with Crippen molar-refractivity contribution in [3.05, 3.63) is 17.0 Å². The molecule has 2 aliphatic rings. The summed E-state index contributed by atoms with van der Waals surface area (Å²) in [5.41, 5.74) is 1.28. The van der Waals surface area contributed by atoms with E-state index in [1.165, 1.54) is 12.8 Å². The summed E-state index contributed by atoms with van der Waals surface area (Å²) in [7, 11) is 3.64. The third-order valence-corrected chi connectivity index (χ3v) is 6.12. The van der Waals surface area contributed by atoms with Crippen LogP contribution in [0.5, 0.6) is 0 Å². The summed E-state index contributed by atoms with van der Waals surface area (Å²) in [6.07, 6.45) is 5.54. The number of hydrogen-bond donors (Lipinski definition) is 0. The van der Waals surface area contributed by atoms with Crippen LogP contribution in [-0.2, 0) is 4.79 Å². The molecule has 1 atom stereocenters. The zero-order chi connectivity index (χ0) is 19.6. The molecule has 3 heterocycles. The van der Waals surface area contributed by atoms with Gasteiger partial charge in [0.2, 0.25) is 5.91 Å². The minimum atomic E-state index is 0.0352. The van der Waals surface area contributed by atoms with E-state index in [9.17, 15) is 9.59 Å².